The van der Waals surface area contributed by atoms with Crippen LogP contribution in [0.25, 0.3) is 0 Å². The predicted molar refractivity (Wildman–Crippen MR) is 77.7 cm³/mol. The molecule has 0 radical (unpaired) electrons. The minimum atomic E-state index is -0.643. The second kappa shape index (κ2) is 5.79. The number of nitrogens with one attached hydrogen (secondary N) is 2. The quantitative estimate of drug-likeness (QED) is 0.302. The number of benzene rings is 2. The maximum absolute atomic E-state index is 13.0. The van der Waals surface area contributed by atoms with Gasteiger partial charge in [0.05, 0.1) is 0 Å². The number of halogens is 2. The Kier molecular flexibility index (Phi) is 4.09. The first-order chi connectivity index (χ1) is 9.45. The van der Waals surface area contributed by atoms with E-state index in [9.17, 15) is 8.78 Å². The number of anilines is 2. The van der Waals surface area contributed by atoms with Crippen molar-refractivity contribution in [3.8, 4) is 0 Å². The Morgan fingerprint density at radius 2 is 1.75 bits per heavy atom. The summed E-state index contributed by atoms with van der Waals surface area (Å²) in [5, 5.41) is 7.39. The highest BCUT2D eigenvalue weighted by Crippen LogP contribution is 2.25. The molecule has 2 rings (SSSR count). The summed E-state index contributed by atoms with van der Waals surface area (Å²) in [6.45, 7) is 0. The molecule has 0 aliphatic carbocycles. The maximum Gasteiger partial charge on any atom is 0.127 e. The van der Waals surface area contributed by atoms with E-state index in [1.165, 1.54) is 12.1 Å². The summed E-state index contributed by atoms with van der Waals surface area (Å²) in [4.78, 5) is 0.392. The molecule has 0 aliphatic heterocycles. The van der Waals surface area contributed by atoms with Gasteiger partial charge in [0, 0.05) is 27.9 Å². The second-order valence-electron chi connectivity index (χ2n) is 4.02. The lowest BCUT2D eigenvalue weighted by molar-refractivity contribution is 0.577. The molecular formula is C13H12F2N4S. The van der Waals surface area contributed by atoms with Crippen molar-refractivity contribution >= 4 is 29.2 Å². The van der Waals surface area contributed by atoms with E-state index in [4.69, 9.17) is 16.9 Å². The maximum atomic E-state index is 13.0. The van der Waals surface area contributed by atoms with Gasteiger partial charge in [0.2, 0.25) is 0 Å². The summed E-state index contributed by atoms with van der Waals surface area (Å²) in [6.07, 6.45) is 0. The van der Waals surface area contributed by atoms with E-state index in [1.807, 2.05) is 0 Å². The standard InChI is InChI=1S/C13H12F2N4S/c14-7-3-8(15)5-10(4-7)20-19-9-1-2-12(16)11(6-9)13(17)18/h1-6,19H,16H2,(H3,17,18). The molecule has 0 spiro atoms. The monoisotopic (exact) mass is 294 g/mol. The Labute approximate surface area is 118 Å². The van der Waals surface area contributed by atoms with Gasteiger partial charge in [-0.1, -0.05) is 0 Å². The molecule has 2 aromatic rings. The SMILES string of the molecule is N=C(N)c1cc(NSc2cc(F)cc(F)c2)ccc1N. The molecule has 7 heteroatoms. The molecule has 0 aromatic heterocycles. The average Bonchev–Trinajstić information content (AvgIpc) is 2.36. The molecule has 0 saturated carbocycles. The van der Waals surface area contributed by atoms with E-state index in [1.54, 1.807) is 18.2 Å². The molecule has 0 bridgehead atoms. The van der Waals surface area contributed by atoms with Gasteiger partial charge in [-0.3, -0.25) is 5.41 Å². The van der Waals surface area contributed by atoms with Gasteiger partial charge in [0.15, 0.2) is 0 Å². The zero-order chi connectivity index (χ0) is 14.7. The Hall–Kier alpha value is -2.28. The predicted octanol–water partition coefficient (Wildman–Crippen LogP) is 2.95. The molecule has 0 fully saturated rings. The smallest absolute Gasteiger partial charge is 0.127 e. The van der Waals surface area contributed by atoms with E-state index in [-0.39, 0.29) is 5.84 Å². The highest BCUT2D eigenvalue weighted by molar-refractivity contribution is 8.00. The van der Waals surface area contributed by atoms with Gasteiger partial charge >= 0.3 is 0 Å². The van der Waals surface area contributed by atoms with Crippen LogP contribution >= 0.6 is 11.9 Å². The van der Waals surface area contributed by atoms with Crippen molar-refractivity contribution in [1.82, 2.24) is 0 Å². The molecule has 0 amide bonds. The van der Waals surface area contributed by atoms with Gasteiger partial charge in [-0.15, -0.1) is 0 Å². The van der Waals surface area contributed by atoms with E-state index in [0.717, 1.165) is 18.0 Å². The van der Waals surface area contributed by atoms with Gasteiger partial charge in [0.25, 0.3) is 0 Å². The molecule has 4 nitrogen and oxygen atoms in total. The zero-order valence-electron chi connectivity index (χ0n) is 10.3. The van der Waals surface area contributed by atoms with Gasteiger partial charge in [-0.05, 0) is 42.3 Å². The molecule has 0 atom stereocenters. The van der Waals surface area contributed by atoms with Crippen LogP contribution in [0.2, 0.25) is 0 Å². The molecule has 104 valence electrons. The first-order valence-corrected chi connectivity index (χ1v) is 6.40. The summed E-state index contributed by atoms with van der Waals surface area (Å²) in [5.74, 6) is -1.43. The van der Waals surface area contributed by atoms with Crippen LogP contribution < -0.4 is 16.2 Å². The molecule has 0 unspecified atom stereocenters. The Morgan fingerprint density at radius 3 is 2.35 bits per heavy atom. The van der Waals surface area contributed by atoms with Crippen LogP contribution in [-0.4, -0.2) is 5.84 Å². The number of hydrogen-bond acceptors (Lipinski definition) is 4. The van der Waals surface area contributed by atoms with Crippen LogP contribution in [0.5, 0.6) is 0 Å². The van der Waals surface area contributed by atoms with E-state index in [2.05, 4.69) is 4.72 Å². The fraction of sp³-hybridized carbons (Fsp3) is 0. The fourth-order valence-corrected chi connectivity index (χ4v) is 2.26. The van der Waals surface area contributed by atoms with Crippen molar-refractivity contribution in [2.45, 2.75) is 4.90 Å². The van der Waals surface area contributed by atoms with Crippen LogP contribution in [0, 0.1) is 17.0 Å². The Morgan fingerprint density at radius 1 is 1.10 bits per heavy atom. The molecule has 20 heavy (non-hydrogen) atoms. The van der Waals surface area contributed by atoms with Crippen molar-refractivity contribution in [3.05, 3.63) is 53.6 Å². The Balaban J connectivity index is 2.14. The van der Waals surface area contributed by atoms with Gasteiger partial charge < -0.3 is 16.2 Å². The molecular weight excluding hydrogens is 282 g/mol. The molecule has 6 N–H and O–H groups in total. The third-order valence-corrected chi connectivity index (χ3v) is 3.28. The summed E-state index contributed by atoms with van der Waals surface area (Å²) in [5.41, 5.74) is 12.5. The van der Waals surface area contributed by atoms with Crippen LogP contribution in [0.15, 0.2) is 41.3 Å². The van der Waals surface area contributed by atoms with Crippen molar-refractivity contribution in [3.63, 3.8) is 0 Å². The summed E-state index contributed by atoms with van der Waals surface area (Å²) >= 11 is 1.05. The Bertz CT molecular complexity index is 641. The van der Waals surface area contributed by atoms with Crippen LogP contribution in [0.4, 0.5) is 20.2 Å². The van der Waals surface area contributed by atoms with Crippen molar-refractivity contribution in [2.75, 3.05) is 10.5 Å². The molecule has 0 aliphatic rings. The van der Waals surface area contributed by atoms with Crippen LogP contribution in [0.3, 0.4) is 0 Å². The largest absolute Gasteiger partial charge is 0.398 e. The highest BCUT2D eigenvalue weighted by atomic mass is 32.2. The fourth-order valence-electron chi connectivity index (χ4n) is 1.56. The summed E-state index contributed by atoms with van der Waals surface area (Å²) in [6, 6.07) is 8.12. The first kappa shape index (κ1) is 14.1. The number of amidine groups is 1. The van der Waals surface area contributed by atoms with Gasteiger partial charge in [-0.25, -0.2) is 8.78 Å². The normalized spacial score (nSPS) is 10.3. The molecule has 0 heterocycles. The average molecular weight is 294 g/mol. The van der Waals surface area contributed by atoms with Crippen LogP contribution in [-0.2, 0) is 0 Å². The minimum Gasteiger partial charge on any atom is -0.398 e. The van der Waals surface area contributed by atoms with Crippen molar-refractivity contribution in [2.24, 2.45) is 5.73 Å². The lowest BCUT2D eigenvalue weighted by Gasteiger charge is -2.09. The summed E-state index contributed by atoms with van der Waals surface area (Å²) < 4.78 is 29.0. The van der Waals surface area contributed by atoms with Crippen molar-refractivity contribution < 1.29 is 8.78 Å². The number of rotatable bonds is 4. The van der Waals surface area contributed by atoms with Gasteiger partial charge in [0.1, 0.15) is 17.5 Å². The second-order valence-corrected chi connectivity index (χ2v) is 4.90. The minimum absolute atomic E-state index is 0.145. The third-order valence-electron chi connectivity index (χ3n) is 2.47. The molecule has 2 aromatic carbocycles. The van der Waals surface area contributed by atoms with Crippen LogP contribution in [0.1, 0.15) is 5.56 Å². The zero-order valence-corrected chi connectivity index (χ0v) is 11.1. The van der Waals surface area contributed by atoms with E-state index >= 15 is 0 Å². The van der Waals surface area contributed by atoms with Crippen molar-refractivity contribution in [1.29, 1.82) is 5.41 Å². The number of nitrogens with two attached hydrogens (primary N) is 2. The lowest BCUT2D eigenvalue weighted by atomic mass is 10.1. The first-order valence-electron chi connectivity index (χ1n) is 5.58. The number of hydrogen-bond donors (Lipinski definition) is 4. The number of nitrogen functional groups attached to an aromatic ring is 2. The molecule has 0 saturated heterocycles. The topological polar surface area (TPSA) is 87.9 Å². The third kappa shape index (κ3) is 3.39. The van der Waals surface area contributed by atoms with E-state index in [0.29, 0.717) is 21.8 Å². The lowest BCUT2D eigenvalue weighted by Crippen LogP contribution is -2.13. The van der Waals surface area contributed by atoms with Gasteiger partial charge in [-0.2, -0.15) is 0 Å². The highest BCUT2D eigenvalue weighted by Gasteiger charge is 2.05. The summed E-state index contributed by atoms with van der Waals surface area (Å²) in [7, 11) is 0. The van der Waals surface area contributed by atoms with E-state index < -0.39 is 11.6 Å².